The summed E-state index contributed by atoms with van der Waals surface area (Å²) in [4.78, 5) is 34.7. The first-order chi connectivity index (χ1) is 18.8. The standard InChI is InChI=1S/C28H31N7O4/c1-6-24(36)32-19-13-20(23(39-5)14-22(19)34(3)12-11-29-2)33-27-25(17-9-7-8-10-21(17)35(27)4)26-18(28(37)38)15-30-16-31-26/h6-10,13-16,29,33H,1,11-12H2,2-5H3,(H,32,36)(H,37,38). The van der Waals surface area contributed by atoms with Crippen molar-refractivity contribution in [3.63, 3.8) is 0 Å². The van der Waals surface area contributed by atoms with Gasteiger partial charge in [0.05, 0.1) is 40.9 Å². The van der Waals surface area contributed by atoms with Crippen LogP contribution in [0.2, 0.25) is 0 Å². The monoisotopic (exact) mass is 529 g/mol. The number of aryl methyl sites for hydroxylation is 1. The second-order valence-electron chi connectivity index (χ2n) is 8.80. The molecule has 0 atom stereocenters. The number of para-hydroxylation sites is 1. The number of hydrogen-bond acceptors (Lipinski definition) is 8. The zero-order chi connectivity index (χ0) is 28.1. The van der Waals surface area contributed by atoms with Crippen LogP contribution in [0, 0.1) is 0 Å². The fourth-order valence-corrected chi connectivity index (χ4v) is 4.43. The summed E-state index contributed by atoms with van der Waals surface area (Å²) in [7, 11) is 7.24. The Hall–Kier alpha value is -4.90. The summed E-state index contributed by atoms with van der Waals surface area (Å²) in [5, 5.41) is 20.1. The smallest absolute Gasteiger partial charge is 0.339 e. The minimum atomic E-state index is -1.13. The zero-order valence-electron chi connectivity index (χ0n) is 22.3. The number of ether oxygens (including phenoxy) is 1. The van der Waals surface area contributed by atoms with Crippen LogP contribution in [0.1, 0.15) is 10.4 Å². The molecule has 0 radical (unpaired) electrons. The molecule has 2 aromatic heterocycles. The third-order valence-electron chi connectivity index (χ3n) is 6.41. The largest absolute Gasteiger partial charge is 0.494 e. The zero-order valence-corrected chi connectivity index (χ0v) is 22.3. The molecule has 0 saturated heterocycles. The molecule has 0 fully saturated rings. The Morgan fingerprint density at radius 2 is 2.00 bits per heavy atom. The van der Waals surface area contributed by atoms with Crippen molar-refractivity contribution >= 4 is 45.7 Å². The molecule has 11 heteroatoms. The van der Waals surface area contributed by atoms with E-state index in [1.807, 2.05) is 60.9 Å². The number of aromatic nitrogens is 3. The third kappa shape index (κ3) is 5.39. The molecule has 0 aliphatic rings. The van der Waals surface area contributed by atoms with Crippen molar-refractivity contribution in [2.75, 3.05) is 49.8 Å². The third-order valence-corrected chi connectivity index (χ3v) is 6.41. The van der Waals surface area contributed by atoms with Crippen LogP contribution >= 0.6 is 0 Å². The molecular formula is C28H31N7O4. The molecule has 39 heavy (non-hydrogen) atoms. The van der Waals surface area contributed by atoms with Gasteiger partial charge in [0.15, 0.2) is 0 Å². The second kappa shape index (κ2) is 11.7. The number of carbonyl (C=O) groups is 2. The van der Waals surface area contributed by atoms with Gasteiger partial charge in [0, 0.05) is 44.8 Å². The van der Waals surface area contributed by atoms with Crippen LogP contribution in [0.4, 0.5) is 22.9 Å². The Kier molecular flexibility index (Phi) is 8.11. The highest BCUT2D eigenvalue weighted by molar-refractivity contribution is 6.08. The van der Waals surface area contributed by atoms with Gasteiger partial charge in [0.25, 0.3) is 0 Å². The van der Waals surface area contributed by atoms with E-state index >= 15 is 0 Å². The van der Waals surface area contributed by atoms with Crippen LogP contribution in [-0.4, -0.2) is 65.8 Å². The highest BCUT2D eigenvalue weighted by Gasteiger charge is 2.24. The van der Waals surface area contributed by atoms with E-state index in [4.69, 9.17) is 4.74 Å². The van der Waals surface area contributed by atoms with Gasteiger partial charge in [-0.1, -0.05) is 24.8 Å². The van der Waals surface area contributed by atoms with Crippen molar-refractivity contribution < 1.29 is 19.4 Å². The van der Waals surface area contributed by atoms with Gasteiger partial charge in [-0.3, -0.25) is 4.79 Å². The number of carbonyl (C=O) groups excluding carboxylic acids is 1. The van der Waals surface area contributed by atoms with Crippen molar-refractivity contribution in [2.24, 2.45) is 7.05 Å². The number of hydrogen-bond donors (Lipinski definition) is 4. The predicted molar refractivity (Wildman–Crippen MR) is 153 cm³/mol. The highest BCUT2D eigenvalue weighted by Crippen LogP contribution is 2.43. The number of rotatable bonds is 11. The van der Waals surface area contributed by atoms with Crippen LogP contribution < -0.4 is 25.6 Å². The van der Waals surface area contributed by atoms with E-state index in [9.17, 15) is 14.7 Å². The molecule has 2 aromatic carbocycles. The van der Waals surface area contributed by atoms with Crippen molar-refractivity contribution in [3.8, 4) is 17.0 Å². The Morgan fingerprint density at radius 1 is 1.23 bits per heavy atom. The lowest BCUT2D eigenvalue weighted by Crippen LogP contribution is -2.28. The molecule has 0 spiro atoms. The number of nitrogens with one attached hydrogen (secondary N) is 3. The number of likely N-dealkylation sites (N-methyl/N-ethyl adjacent to an activating group) is 2. The van der Waals surface area contributed by atoms with Gasteiger partial charge >= 0.3 is 5.97 Å². The van der Waals surface area contributed by atoms with E-state index in [1.54, 1.807) is 13.2 Å². The van der Waals surface area contributed by atoms with E-state index in [1.165, 1.54) is 18.6 Å². The first-order valence-electron chi connectivity index (χ1n) is 12.2. The van der Waals surface area contributed by atoms with Gasteiger partial charge in [0.2, 0.25) is 5.91 Å². The minimum absolute atomic E-state index is 0.0238. The number of amides is 1. The van der Waals surface area contributed by atoms with E-state index in [-0.39, 0.29) is 17.2 Å². The van der Waals surface area contributed by atoms with Crippen LogP contribution in [0.25, 0.3) is 22.2 Å². The molecule has 0 unspecified atom stereocenters. The average Bonchev–Trinajstić information content (AvgIpc) is 3.22. The first-order valence-corrected chi connectivity index (χ1v) is 12.2. The Bertz CT molecular complexity index is 1550. The summed E-state index contributed by atoms with van der Waals surface area (Å²) in [5.74, 6) is -0.375. The number of fused-ring (bicyclic) bond motifs is 1. The maximum atomic E-state index is 12.3. The van der Waals surface area contributed by atoms with Gasteiger partial charge in [0.1, 0.15) is 23.5 Å². The summed E-state index contributed by atoms with van der Waals surface area (Å²) in [6, 6.07) is 11.3. The molecule has 4 aromatic rings. The normalized spacial score (nSPS) is 10.8. The molecule has 11 nitrogen and oxygen atoms in total. The summed E-state index contributed by atoms with van der Waals surface area (Å²) >= 11 is 0. The molecule has 1 amide bonds. The van der Waals surface area contributed by atoms with Gasteiger partial charge < -0.3 is 35.3 Å². The Labute approximate surface area is 226 Å². The van der Waals surface area contributed by atoms with Crippen molar-refractivity contribution in [3.05, 3.63) is 67.1 Å². The van der Waals surface area contributed by atoms with E-state index in [0.29, 0.717) is 35.1 Å². The fraction of sp³-hybridized carbons (Fsp3) is 0.214. The topological polar surface area (TPSA) is 134 Å². The molecule has 4 rings (SSSR count). The predicted octanol–water partition coefficient (Wildman–Crippen LogP) is 3.87. The Balaban J connectivity index is 1.93. The molecular weight excluding hydrogens is 498 g/mol. The SMILES string of the molecule is C=CC(=O)Nc1cc(Nc2c(-c3ncncc3C(=O)O)c3ccccc3n2C)c(OC)cc1N(C)CCNC. The molecule has 0 saturated carbocycles. The van der Waals surface area contributed by atoms with Gasteiger partial charge in [-0.05, 0) is 25.3 Å². The second-order valence-corrected chi connectivity index (χ2v) is 8.80. The number of anilines is 4. The van der Waals surface area contributed by atoms with Crippen molar-refractivity contribution in [1.82, 2.24) is 19.9 Å². The maximum Gasteiger partial charge on any atom is 0.339 e. The van der Waals surface area contributed by atoms with Crippen LogP contribution in [0.15, 0.2) is 61.6 Å². The molecule has 0 aliphatic carbocycles. The van der Waals surface area contributed by atoms with Gasteiger partial charge in [-0.25, -0.2) is 14.8 Å². The van der Waals surface area contributed by atoms with Gasteiger partial charge in [-0.2, -0.15) is 0 Å². The molecule has 0 bridgehead atoms. The quantitative estimate of drug-likeness (QED) is 0.214. The number of methoxy groups -OCH3 is 1. The van der Waals surface area contributed by atoms with Crippen molar-refractivity contribution in [1.29, 1.82) is 0 Å². The van der Waals surface area contributed by atoms with E-state index in [0.717, 1.165) is 23.1 Å². The van der Waals surface area contributed by atoms with Crippen LogP contribution in [0.3, 0.4) is 0 Å². The number of carboxylic acids is 1. The lowest BCUT2D eigenvalue weighted by atomic mass is 10.0. The van der Waals surface area contributed by atoms with Crippen LogP contribution in [0.5, 0.6) is 5.75 Å². The summed E-state index contributed by atoms with van der Waals surface area (Å²) < 4.78 is 7.68. The number of benzene rings is 2. The molecule has 4 N–H and O–H groups in total. The summed E-state index contributed by atoms with van der Waals surface area (Å²) in [5.41, 5.74) is 3.58. The number of aromatic carboxylic acids is 1. The molecule has 2 heterocycles. The first kappa shape index (κ1) is 27.1. The van der Waals surface area contributed by atoms with E-state index < -0.39 is 5.97 Å². The lowest BCUT2D eigenvalue weighted by Gasteiger charge is -2.25. The summed E-state index contributed by atoms with van der Waals surface area (Å²) in [6.45, 7) is 4.99. The Morgan fingerprint density at radius 3 is 2.69 bits per heavy atom. The average molecular weight is 530 g/mol. The van der Waals surface area contributed by atoms with Crippen LogP contribution in [-0.2, 0) is 11.8 Å². The minimum Gasteiger partial charge on any atom is -0.494 e. The van der Waals surface area contributed by atoms with E-state index in [2.05, 4.69) is 32.5 Å². The lowest BCUT2D eigenvalue weighted by molar-refractivity contribution is -0.111. The maximum absolute atomic E-state index is 12.3. The molecule has 202 valence electrons. The fourth-order valence-electron chi connectivity index (χ4n) is 4.43. The number of nitrogens with zero attached hydrogens (tertiary/aromatic N) is 4. The van der Waals surface area contributed by atoms with Gasteiger partial charge in [-0.15, -0.1) is 0 Å². The van der Waals surface area contributed by atoms with Crippen molar-refractivity contribution in [2.45, 2.75) is 0 Å². The summed E-state index contributed by atoms with van der Waals surface area (Å²) in [6.07, 6.45) is 3.82. The highest BCUT2D eigenvalue weighted by atomic mass is 16.5. The number of carboxylic acid groups (broad SMARTS) is 1. The molecule has 0 aliphatic heterocycles.